The maximum Gasteiger partial charge on any atom is 0.145 e. The number of nitrogen functional groups attached to an aromatic ring is 1. The summed E-state index contributed by atoms with van der Waals surface area (Å²) >= 11 is 0. The Morgan fingerprint density at radius 1 is 1.05 bits per heavy atom. The minimum Gasteiger partial charge on any atom is -0.491 e. The molecule has 2 aromatic rings. The van der Waals surface area contributed by atoms with E-state index < -0.39 is 0 Å². The molecule has 0 aliphatic heterocycles. The summed E-state index contributed by atoms with van der Waals surface area (Å²) in [4.78, 5) is 0. The van der Waals surface area contributed by atoms with Crippen LogP contribution < -0.4 is 15.2 Å². The largest absolute Gasteiger partial charge is 0.491 e. The first-order valence-corrected chi connectivity index (χ1v) is 6.88. The van der Waals surface area contributed by atoms with Crippen LogP contribution in [0.5, 0.6) is 17.2 Å². The molecule has 2 aromatic carbocycles. The van der Waals surface area contributed by atoms with Crippen molar-refractivity contribution in [3.8, 4) is 17.2 Å². The first-order chi connectivity index (χ1) is 9.61. The molecule has 0 saturated carbocycles. The van der Waals surface area contributed by atoms with Gasteiger partial charge in [-0.25, -0.2) is 0 Å². The molecule has 0 saturated heterocycles. The number of hydrogen-bond donors (Lipinski definition) is 1. The number of rotatable bonds is 5. The fourth-order valence-electron chi connectivity index (χ4n) is 1.88. The van der Waals surface area contributed by atoms with E-state index >= 15 is 0 Å². The molecule has 0 amide bonds. The Balaban J connectivity index is 2.23. The second-order valence-corrected chi connectivity index (χ2v) is 4.85. The van der Waals surface area contributed by atoms with E-state index in [0.717, 1.165) is 23.5 Å². The first kappa shape index (κ1) is 14.3. The summed E-state index contributed by atoms with van der Waals surface area (Å²) in [6.45, 7) is 6.83. The van der Waals surface area contributed by atoms with Crippen LogP contribution in [-0.4, -0.2) is 6.61 Å². The van der Waals surface area contributed by atoms with Gasteiger partial charge in [0.1, 0.15) is 17.2 Å². The summed E-state index contributed by atoms with van der Waals surface area (Å²) in [6.07, 6.45) is 0.946. The molecule has 3 nitrogen and oxygen atoms in total. The second kappa shape index (κ2) is 6.33. The van der Waals surface area contributed by atoms with Gasteiger partial charge in [-0.15, -0.1) is 0 Å². The topological polar surface area (TPSA) is 44.5 Å². The number of anilines is 1. The summed E-state index contributed by atoms with van der Waals surface area (Å²) in [5.74, 6) is 2.27. The van der Waals surface area contributed by atoms with Gasteiger partial charge < -0.3 is 15.2 Å². The van der Waals surface area contributed by atoms with Crippen molar-refractivity contribution in [2.24, 2.45) is 0 Å². The zero-order valence-electron chi connectivity index (χ0n) is 12.3. The van der Waals surface area contributed by atoms with Crippen molar-refractivity contribution >= 4 is 5.69 Å². The Bertz CT molecular complexity index is 594. The van der Waals surface area contributed by atoms with Crippen LogP contribution in [-0.2, 0) is 0 Å². The zero-order chi connectivity index (χ0) is 14.5. The maximum absolute atomic E-state index is 5.93. The van der Waals surface area contributed by atoms with E-state index in [-0.39, 0.29) is 0 Å². The van der Waals surface area contributed by atoms with Crippen molar-refractivity contribution in [3.05, 3.63) is 47.5 Å². The zero-order valence-corrected chi connectivity index (χ0v) is 12.3. The maximum atomic E-state index is 5.93. The van der Waals surface area contributed by atoms with E-state index in [9.17, 15) is 0 Å². The molecule has 0 unspecified atom stereocenters. The smallest absolute Gasteiger partial charge is 0.145 e. The third-order valence-electron chi connectivity index (χ3n) is 3.23. The van der Waals surface area contributed by atoms with Crippen LogP contribution >= 0.6 is 0 Å². The lowest BCUT2D eigenvalue weighted by Crippen LogP contribution is -1.99. The molecular weight excluding hydrogens is 250 g/mol. The monoisotopic (exact) mass is 271 g/mol. The van der Waals surface area contributed by atoms with Crippen LogP contribution in [0.25, 0.3) is 0 Å². The summed E-state index contributed by atoms with van der Waals surface area (Å²) in [7, 11) is 0. The van der Waals surface area contributed by atoms with Crippen LogP contribution in [0.1, 0.15) is 24.5 Å². The summed E-state index contributed by atoms with van der Waals surface area (Å²) < 4.78 is 11.5. The van der Waals surface area contributed by atoms with Gasteiger partial charge in [-0.05, 0) is 49.6 Å². The highest BCUT2D eigenvalue weighted by molar-refractivity contribution is 5.56. The molecule has 2 N–H and O–H groups in total. The second-order valence-electron chi connectivity index (χ2n) is 4.85. The van der Waals surface area contributed by atoms with Gasteiger partial charge in [0.05, 0.1) is 12.3 Å². The van der Waals surface area contributed by atoms with Gasteiger partial charge in [0, 0.05) is 6.07 Å². The van der Waals surface area contributed by atoms with Gasteiger partial charge in [0.25, 0.3) is 0 Å². The number of aryl methyl sites for hydroxylation is 1. The molecule has 0 spiro atoms. The molecule has 0 aliphatic carbocycles. The molecule has 0 fully saturated rings. The number of ether oxygens (including phenoxy) is 2. The van der Waals surface area contributed by atoms with E-state index in [0.29, 0.717) is 18.0 Å². The van der Waals surface area contributed by atoms with Gasteiger partial charge in [-0.2, -0.15) is 0 Å². The Hall–Kier alpha value is -2.16. The first-order valence-electron chi connectivity index (χ1n) is 6.88. The molecule has 0 aromatic heterocycles. The summed E-state index contributed by atoms with van der Waals surface area (Å²) in [5.41, 5.74) is 8.88. The van der Waals surface area contributed by atoms with Gasteiger partial charge >= 0.3 is 0 Å². The molecule has 0 atom stereocenters. The third kappa shape index (κ3) is 3.23. The predicted molar refractivity (Wildman–Crippen MR) is 82.6 cm³/mol. The Morgan fingerprint density at radius 2 is 1.85 bits per heavy atom. The highest BCUT2D eigenvalue weighted by Gasteiger charge is 2.06. The van der Waals surface area contributed by atoms with Crippen LogP contribution in [0.3, 0.4) is 0 Å². The number of hydrogen-bond acceptors (Lipinski definition) is 3. The lowest BCUT2D eigenvalue weighted by Gasteiger charge is -2.13. The molecule has 0 bridgehead atoms. The van der Waals surface area contributed by atoms with E-state index in [1.165, 1.54) is 5.56 Å². The molecule has 3 heteroatoms. The highest BCUT2D eigenvalue weighted by atomic mass is 16.5. The fourth-order valence-corrected chi connectivity index (χ4v) is 1.88. The van der Waals surface area contributed by atoms with Crippen molar-refractivity contribution in [2.45, 2.75) is 27.2 Å². The highest BCUT2D eigenvalue weighted by Crippen LogP contribution is 2.32. The van der Waals surface area contributed by atoms with Crippen molar-refractivity contribution in [1.29, 1.82) is 0 Å². The van der Waals surface area contributed by atoms with Crippen LogP contribution in [0, 0.1) is 13.8 Å². The standard InChI is InChI=1S/C17H21NO2/c1-4-10-19-17-11-14(8-9-15(17)18)20-16-7-5-6-12(2)13(16)3/h5-9,11H,4,10,18H2,1-3H3. The number of nitrogens with two attached hydrogens (primary N) is 1. The Morgan fingerprint density at radius 3 is 2.60 bits per heavy atom. The van der Waals surface area contributed by atoms with Crippen LogP contribution in [0.2, 0.25) is 0 Å². The normalized spacial score (nSPS) is 10.3. The number of benzene rings is 2. The van der Waals surface area contributed by atoms with Gasteiger partial charge in [-0.3, -0.25) is 0 Å². The van der Waals surface area contributed by atoms with E-state index in [1.54, 1.807) is 0 Å². The molecule has 0 heterocycles. The van der Waals surface area contributed by atoms with Gasteiger partial charge in [0.15, 0.2) is 0 Å². The van der Waals surface area contributed by atoms with Gasteiger partial charge in [-0.1, -0.05) is 19.1 Å². The van der Waals surface area contributed by atoms with Crippen LogP contribution in [0.15, 0.2) is 36.4 Å². The average molecular weight is 271 g/mol. The SMILES string of the molecule is CCCOc1cc(Oc2cccc(C)c2C)ccc1N. The summed E-state index contributed by atoms with van der Waals surface area (Å²) in [6, 6.07) is 11.5. The van der Waals surface area contributed by atoms with Crippen molar-refractivity contribution in [1.82, 2.24) is 0 Å². The van der Waals surface area contributed by atoms with E-state index in [1.807, 2.05) is 30.3 Å². The predicted octanol–water partition coefficient (Wildman–Crippen LogP) is 4.47. The molecule has 106 valence electrons. The van der Waals surface area contributed by atoms with Crippen molar-refractivity contribution in [3.63, 3.8) is 0 Å². The molecule has 0 aliphatic rings. The van der Waals surface area contributed by atoms with Crippen molar-refractivity contribution in [2.75, 3.05) is 12.3 Å². The molecule has 20 heavy (non-hydrogen) atoms. The van der Waals surface area contributed by atoms with Gasteiger partial charge in [0.2, 0.25) is 0 Å². The summed E-state index contributed by atoms with van der Waals surface area (Å²) in [5, 5.41) is 0. The third-order valence-corrected chi connectivity index (χ3v) is 3.23. The molecular formula is C17H21NO2. The average Bonchev–Trinajstić information content (AvgIpc) is 2.44. The fraction of sp³-hybridized carbons (Fsp3) is 0.294. The van der Waals surface area contributed by atoms with E-state index in [4.69, 9.17) is 15.2 Å². The van der Waals surface area contributed by atoms with Crippen LogP contribution in [0.4, 0.5) is 5.69 Å². The van der Waals surface area contributed by atoms with E-state index in [2.05, 4.69) is 26.8 Å². The lowest BCUT2D eigenvalue weighted by molar-refractivity contribution is 0.317. The minimum absolute atomic E-state index is 0.631. The lowest BCUT2D eigenvalue weighted by atomic mass is 10.1. The quantitative estimate of drug-likeness (QED) is 0.816. The van der Waals surface area contributed by atoms with Crippen molar-refractivity contribution < 1.29 is 9.47 Å². The Labute approximate surface area is 120 Å². The minimum atomic E-state index is 0.631. The molecule has 2 rings (SSSR count). The Kier molecular flexibility index (Phi) is 4.51. The molecule has 0 radical (unpaired) electrons.